The second kappa shape index (κ2) is 8.95. The van der Waals surface area contributed by atoms with Crippen LogP contribution in [0.3, 0.4) is 0 Å². The van der Waals surface area contributed by atoms with Gasteiger partial charge in [0.05, 0.1) is 11.7 Å². The number of ketones is 1. The number of carbonyl (C=O) groups is 3. The van der Waals surface area contributed by atoms with Crippen LogP contribution in [0.5, 0.6) is 11.5 Å². The third-order valence-electron chi connectivity index (χ3n) is 10.6. The number of esters is 2. The van der Waals surface area contributed by atoms with Crippen molar-refractivity contribution in [1.29, 1.82) is 0 Å². The van der Waals surface area contributed by atoms with E-state index in [1.54, 1.807) is 32.4 Å². The first-order valence-electron chi connectivity index (χ1n) is 13.5. The molecule has 1 saturated heterocycles. The van der Waals surface area contributed by atoms with Crippen LogP contribution in [0.25, 0.3) is 0 Å². The molecule has 6 rings (SSSR count). The Labute approximate surface area is 222 Å². The van der Waals surface area contributed by atoms with Crippen LogP contribution < -0.4 is 9.47 Å². The number of methoxy groups -OCH3 is 2. The molecule has 9 nitrogen and oxygen atoms in total. The summed E-state index contributed by atoms with van der Waals surface area (Å²) >= 11 is 0. The standard InChI is InChI=1S/C29H36O9/c1-14-17-12-22(30)37-21-11-16-7-9-19(33-4)26(31)28(16,2)25(29(17,21)3)24(23(14)34-5)38-27(32)15-6-8-18-20(10-15)36-13-35-18/h6,8,10,14,16-17,19,21,23-25H,7,9,11-13H2,1-5H3. The minimum absolute atomic E-state index is 0.0325. The summed E-state index contributed by atoms with van der Waals surface area (Å²) in [5, 5.41) is 0. The molecule has 5 aliphatic rings. The van der Waals surface area contributed by atoms with Gasteiger partial charge < -0.3 is 28.4 Å². The van der Waals surface area contributed by atoms with Gasteiger partial charge in [-0.15, -0.1) is 0 Å². The van der Waals surface area contributed by atoms with E-state index in [0.717, 1.165) is 6.42 Å². The second-order valence-electron chi connectivity index (χ2n) is 12.0. The highest BCUT2D eigenvalue weighted by molar-refractivity contribution is 5.92. The smallest absolute Gasteiger partial charge is 0.338 e. The lowest BCUT2D eigenvalue weighted by Gasteiger charge is -2.68. The Morgan fingerprint density at radius 2 is 1.79 bits per heavy atom. The van der Waals surface area contributed by atoms with E-state index in [1.807, 2.05) is 13.8 Å². The van der Waals surface area contributed by atoms with Crippen molar-refractivity contribution in [2.24, 2.45) is 34.5 Å². The van der Waals surface area contributed by atoms with Crippen molar-refractivity contribution >= 4 is 17.7 Å². The first kappa shape index (κ1) is 25.6. The first-order valence-corrected chi connectivity index (χ1v) is 13.5. The molecule has 0 aromatic heterocycles. The van der Waals surface area contributed by atoms with Crippen LogP contribution in [0.2, 0.25) is 0 Å². The molecule has 10 atom stereocenters. The molecule has 0 radical (unpaired) electrons. The minimum Gasteiger partial charge on any atom is -0.462 e. The Morgan fingerprint density at radius 3 is 2.53 bits per heavy atom. The van der Waals surface area contributed by atoms with Gasteiger partial charge in [0, 0.05) is 37.4 Å². The van der Waals surface area contributed by atoms with Gasteiger partial charge in [0.15, 0.2) is 17.3 Å². The van der Waals surface area contributed by atoms with Gasteiger partial charge in [-0.3, -0.25) is 9.59 Å². The summed E-state index contributed by atoms with van der Waals surface area (Å²) in [5.41, 5.74) is -1.10. The molecule has 4 fully saturated rings. The van der Waals surface area contributed by atoms with Crippen molar-refractivity contribution in [3.8, 4) is 11.5 Å². The molecule has 0 N–H and O–H groups in total. The molecule has 3 saturated carbocycles. The maximum absolute atomic E-state index is 14.2. The lowest BCUT2D eigenvalue weighted by Crippen LogP contribution is -2.74. The Morgan fingerprint density at radius 1 is 1.03 bits per heavy atom. The van der Waals surface area contributed by atoms with E-state index >= 15 is 0 Å². The molecular weight excluding hydrogens is 492 g/mol. The summed E-state index contributed by atoms with van der Waals surface area (Å²) in [4.78, 5) is 40.6. The molecule has 3 aliphatic carbocycles. The maximum Gasteiger partial charge on any atom is 0.338 e. The fourth-order valence-electron chi connectivity index (χ4n) is 8.80. The van der Waals surface area contributed by atoms with Gasteiger partial charge in [-0.1, -0.05) is 20.8 Å². The Balaban J connectivity index is 1.46. The Kier molecular flexibility index (Phi) is 6.03. The average Bonchev–Trinajstić information content (AvgIpc) is 3.36. The molecule has 10 unspecified atom stereocenters. The lowest BCUT2D eigenvalue weighted by atomic mass is 9.38. The van der Waals surface area contributed by atoms with E-state index in [4.69, 9.17) is 28.4 Å². The van der Waals surface area contributed by atoms with Crippen LogP contribution in [0.1, 0.15) is 56.8 Å². The summed E-state index contributed by atoms with van der Waals surface area (Å²) in [6.45, 7) is 6.28. The number of hydrogen-bond donors (Lipinski definition) is 0. The fourth-order valence-corrected chi connectivity index (χ4v) is 8.80. The fraction of sp³-hybridized carbons (Fsp3) is 0.690. The van der Waals surface area contributed by atoms with Crippen molar-refractivity contribution in [2.45, 2.75) is 70.9 Å². The molecule has 2 heterocycles. The third kappa shape index (κ3) is 3.40. The molecule has 1 aromatic rings. The molecule has 2 aliphatic heterocycles. The molecule has 0 spiro atoms. The largest absolute Gasteiger partial charge is 0.462 e. The van der Waals surface area contributed by atoms with Gasteiger partial charge in [-0.05, 0) is 55.2 Å². The van der Waals surface area contributed by atoms with Crippen LogP contribution >= 0.6 is 0 Å². The van der Waals surface area contributed by atoms with Gasteiger partial charge in [-0.2, -0.15) is 0 Å². The van der Waals surface area contributed by atoms with Gasteiger partial charge in [0.1, 0.15) is 18.3 Å². The predicted octanol–water partition coefficient (Wildman–Crippen LogP) is 3.56. The number of carbonyl (C=O) groups excluding carboxylic acids is 3. The topological polar surface area (TPSA) is 107 Å². The highest BCUT2D eigenvalue weighted by Gasteiger charge is 2.73. The molecule has 206 valence electrons. The van der Waals surface area contributed by atoms with Crippen molar-refractivity contribution in [1.82, 2.24) is 0 Å². The van der Waals surface area contributed by atoms with Crippen molar-refractivity contribution in [3.63, 3.8) is 0 Å². The number of hydrogen-bond acceptors (Lipinski definition) is 9. The van der Waals surface area contributed by atoms with E-state index in [-0.39, 0.29) is 48.8 Å². The van der Waals surface area contributed by atoms with Crippen molar-refractivity contribution in [3.05, 3.63) is 23.8 Å². The molecular formula is C29H36O9. The van der Waals surface area contributed by atoms with E-state index in [2.05, 4.69) is 6.92 Å². The Bertz CT molecular complexity index is 1160. The van der Waals surface area contributed by atoms with Crippen molar-refractivity contribution in [2.75, 3.05) is 21.0 Å². The zero-order valence-corrected chi connectivity index (χ0v) is 22.6. The van der Waals surface area contributed by atoms with E-state index < -0.39 is 41.0 Å². The summed E-state index contributed by atoms with van der Waals surface area (Å²) < 4.78 is 34.9. The maximum atomic E-state index is 14.2. The number of ether oxygens (including phenoxy) is 6. The van der Waals surface area contributed by atoms with Gasteiger partial charge in [-0.25, -0.2) is 4.79 Å². The molecule has 9 heteroatoms. The van der Waals surface area contributed by atoms with E-state index in [1.165, 1.54) is 0 Å². The normalized spacial score (nSPS) is 43.1. The number of benzene rings is 1. The SMILES string of the molecule is COC1CCC2CC3OC(=O)CC4C(C)C(OC)C(OC(=O)c5ccc6c(c5)OCO6)C(C2(C)C1=O)C34C. The molecule has 38 heavy (non-hydrogen) atoms. The van der Waals surface area contributed by atoms with Gasteiger partial charge >= 0.3 is 11.9 Å². The summed E-state index contributed by atoms with van der Waals surface area (Å²) in [7, 11) is 3.18. The zero-order chi connectivity index (χ0) is 27.0. The molecule has 0 bridgehead atoms. The Hall–Kier alpha value is -2.65. The first-order chi connectivity index (χ1) is 18.1. The summed E-state index contributed by atoms with van der Waals surface area (Å²) in [5.74, 6) is -0.298. The van der Waals surface area contributed by atoms with Gasteiger partial charge in [0.2, 0.25) is 6.79 Å². The summed E-state index contributed by atoms with van der Waals surface area (Å²) in [6.07, 6.45) is 0.116. The number of fused-ring (bicyclic) bond motifs is 3. The van der Waals surface area contributed by atoms with Gasteiger partial charge in [0.25, 0.3) is 0 Å². The number of rotatable bonds is 4. The lowest BCUT2D eigenvalue weighted by molar-refractivity contribution is -0.281. The van der Waals surface area contributed by atoms with Crippen molar-refractivity contribution < 1.29 is 42.8 Å². The van der Waals surface area contributed by atoms with E-state index in [0.29, 0.717) is 29.9 Å². The predicted molar refractivity (Wildman–Crippen MR) is 133 cm³/mol. The van der Waals surface area contributed by atoms with Crippen LogP contribution in [0.15, 0.2) is 18.2 Å². The molecule has 0 amide bonds. The van der Waals surface area contributed by atoms with Crippen LogP contribution in [0.4, 0.5) is 0 Å². The third-order valence-corrected chi connectivity index (χ3v) is 10.6. The van der Waals surface area contributed by atoms with Crippen LogP contribution in [0, 0.1) is 34.5 Å². The number of Topliss-reactive ketones (excluding diaryl/α,β-unsaturated/α-hetero) is 1. The molecule has 1 aromatic carbocycles. The minimum atomic E-state index is -0.844. The highest BCUT2D eigenvalue weighted by atomic mass is 16.7. The highest BCUT2D eigenvalue weighted by Crippen LogP contribution is 2.68. The zero-order valence-electron chi connectivity index (χ0n) is 22.6. The average molecular weight is 529 g/mol. The second-order valence-corrected chi connectivity index (χ2v) is 12.0. The van der Waals surface area contributed by atoms with E-state index in [9.17, 15) is 14.4 Å². The summed E-state index contributed by atoms with van der Waals surface area (Å²) in [6, 6.07) is 4.96. The monoisotopic (exact) mass is 528 g/mol. The van der Waals surface area contributed by atoms with Crippen LogP contribution in [-0.2, 0) is 28.5 Å². The quantitative estimate of drug-likeness (QED) is 0.542. The van der Waals surface area contributed by atoms with Crippen LogP contribution in [-0.4, -0.2) is 63.2 Å².